The molecule has 0 heterocycles. The minimum Gasteiger partial charge on any atom is -0.360 e. The van der Waals surface area contributed by atoms with Crippen LogP contribution in [0, 0.1) is 5.82 Å². The van der Waals surface area contributed by atoms with Crippen LogP contribution in [0.1, 0.15) is 12.8 Å². The van der Waals surface area contributed by atoms with Crippen LogP contribution >= 0.6 is 28.1 Å². The number of rotatable bonds is 2. The Morgan fingerprint density at radius 1 is 1.47 bits per heavy atom. The van der Waals surface area contributed by atoms with Crippen molar-refractivity contribution in [2.24, 2.45) is 0 Å². The molecule has 0 unspecified atom stereocenters. The van der Waals surface area contributed by atoms with Gasteiger partial charge in [0.05, 0.1) is 5.69 Å². The molecule has 1 aromatic rings. The third kappa shape index (κ3) is 3.14. The topological polar surface area (TPSA) is 24.1 Å². The zero-order chi connectivity index (χ0) is 10.8. The highest BCUT2D eigenvalue weighted by Crippen LogP contribution is 2.24. The van der Waals surface area contributed by atoms with Crippen LogP contribution in [-0.2, 0) is 0 Å². The number of thiocarbonyl (C=S) groups is 1. The normalized spacial score (nSPS) is 14.8. The molecule has 0 radical (unpaired) electrons. The van der Waals surface area contributed by atoms with Crippen molar-refractivity contribution in [3.8, 4) is 0 Å². The van der Waals surface area contributed by atoms with E-state index in [2.05, 4.69) is 26.6 Å². The maximum Gasteiger partial charge on any atom is 0.171 e. The number of benzene rings is 1. The van der Waals surface area contributed by atoms with Crippen LogP contribution in [0.3, 0.4) is 0 Å². The molecule has 80 valence electrons. The molecule has 1 aromatic carbocycles. The van der Waals surface area contributed by atoms with E-state index in [9.17, 15) is 4.39 Å². The van der Waals surface area contributed by atoms with E-state index in [-0.39, 0.29) is 5.82 Å². The van der Waals surface area contributed by atoms with Crippen LogP contribution in [0.2, 0.25) is 0 Å². The Kier molecular flexibility index (Phi) is 3.21. The fourth-order valence-electron chi connectivity index (χ4n) is 1.16. The van der Waals surface area contributed by atoms with Gasteiger partial charge in [-0.05, 0) is 59.2 Å². The highest BCUT2D eigenvalue weighted by Gasteiger charge is 2.21. The van der Waals surface area contributed by atoms with E-state index >= 15 is 0 Å². The van der Waals surface area contributed by atoms with Crippen molar-refractivity contribution in [1.82, 2.24) is 5.32 Å². The van der Waals surface area contributed by atoms with E-state index in [0.717, 1.165) is 17.3 Å². The molecule has 2 nitrogen and oxygen atoms in total. The van der Waals surface area contributed by atoms with Gasteiger partial charge in [-0.2, -0.15) is 0 Å². The second kappa shape index (κ2) is 4.45. The van der Waals surface area contributed by atoms with Crippen molar-refractivity contribution in [2.75, 3.05) is 5.32 Å². The van der Waals surface area contributed by atoms with E-state index in [1.54, 1.807) is 6.07 Å². The lowest BCUT2D eigenvalue weighted by molar-refractivity contribution is 0.628. The van der Waals surface area contributed by atoms with Gasteiger partial charge in [0.15, 0.2) is 5.11 Å². The first-order valence-corrected chi connectivity index (χ1v) is 5.88. The zero-order valence-corrected chi connectivity index (χ0v) is 10.3. The number of nitrogens with one attached hydrogen (secondary N) is 2. The maximum atomic E-state index is 12.9. The third-order valence-electron chi connectivity index (χ3n) is 2.09. The summed E-state index contributed by atoms with van der Waals surface area (Å²) in [6.07, 6.45) is 2.32. The number of anilines is 1. The molecule has 2 N–H and O–H groups in total. The van der Waals surface area contributed by atoms with Crippen LogP contribution in [0.4, 0.5) is 10.1 Å². The molecule has 0 saturated heterocycles. The van der Waals surface area contributed by atoms with Crippen LogP contribution in [0.15, 0.2) is 22.7 Å². The fourth-order valence-corrected chi connectivity index (χ4v) is 1.79. The van der Waals surface area contributed by atoms with E-state index in [0.29, 0.717) is 16.8 Å². The Balaban J connectivity index is 2.01. The van der Waals surface area contributed by atoms with Crippen LogP contribution in [-0.4, -0.2) is 11.2 Å². The Morgan fingerprint density at radius 2 is 2.20 bits per heavy atom. The zero-order valence-electron chi connectivity index (χ0n) is 7.89. The molecule has 1 aliphatic carbocycles. The smallest absolute Gasteiger partial charge is 0.171 e. The number of hydrogen-bond acceptors (Lipinski definition) is 1. The Bertz CT molecular complexity index is 393. The molecule has 0 atom stereocenters. The van der Waals surface area contributed by atoms with Crippen LogP contribution in [0.5, 0.6) is 0 Å². The summed E-state index contributed by atoms with van der Waals surface area (Å²) in [4.78, 5) is 0. The van der Waals surface area contributed by atoms with Gasteiger partial charge in [0.1, 0.15) is 5.82 Å². The van der Waals surface area contributed by atoms with Gasteiger partial charge in [-0.1, -0.05) is 0 Å². The van der Waals surface area contributed by atoms with Gasteiger partial charge in [-0.25, -0.2) is 4.39 Å². The summed E-state index contributed by atoms with van der Waals surface area (Å²) >= 11 is 8.41. The molecule has 1 fully saturated rings. The number of hydrogen-bond donors (Lipinski definition) is 2. The molecule has 0 aliphatic heterocycles. The minimum absolute atomic E-state index is 0.282. The SMILES string of the molecule is Fc1ccc(Br)c(NC(=S)NC2CC2)c1. The third-order valence-corrected chi connectivity index (χ3v) is 3.00. The first kappa shape index (κ1) is 10.8. The minimum atomic E-state index is -0.282. The van der Waals surface area contributed by atoms with Crippen LogP contribution < -0.4 is 10.6 Å². The molecule has 1 saturated carbocycles. The van der Waals surface area contributed by atoms with E-state index in [1.807, 2.05) is 0 Å². The molecule has 0 amide bonds. The van der Waals surface area contributed by atoms with Gasteiger partial charge < -0.3 is 10.6 Å². The Hall–Kier alpha value is -0.680. The average Bonchev–Trinajstić information content (AvgIpc) is 2.95. The standard InChI is InChI=1S/C10H10BrFN2S/c11-8-4-1-6(12)5-9(8)14-10(15)13-7-2-3-7/h1,4-5,7H,2-3H2,(H2,13,14,15). The lowest BCUT2D eigenvalue weighted by atomic mass is 10.3. The van der Waals surface area contributed by atoms with Crippen molar-refractivity contribution in [3.05, 3.63) is 28.5 Å². The summed E-state index contributed by atoms with van der Waals surface area (Å²) in [5.41, 5.74) is 0.646. The largest absolute Gasteiger partial charge is 0.360 e. The molecular weight excluding hydrogens is 279 g/mol. The molecule has 1 aliphatic rings. The Morgan fingerprint density at radius 3 is 2.87 bits per heavy atom. The summed E-state index contributed by atoms with van der Waals surface area (Å²) in [7, 11) is 0. The summed E-state index contributed by atoms with van der Waals surface area (Å²) in [5.74, 6) is -0.282. The second-order valence-corrected chi connectivity index (χ2v) is 4.76. The maximum absolute atomic E-state index is 12.9. The average molecular weight is 289 g/mol. The van der Waals surface area contributed by atoms with E-state index in [4.69, 9.17) is 12.2 Å². The van der Waals surface area contributed by atoms with Gasteiger partial charge in [-0.15, -0.1) is 0 Å². The van der Waals surface area contributed by atoms with Crippen molar-refractivity contribution in [3.63, 3.8) is 0 Å². The van der Waals surface area contributed by atoms with Crippen molar-refractivity contribution in [1.29, 1.82) is 0 Å². The van der Waals surface area contributed by atoms with E-state index < -0.39 is 0 Å². The molecule has 0 bridgehead atoms. The van der Waals surface area contributed by atoms with Crippen molar-refractivity contribution >= 4 is 38.9 Å². The van der Waals surface area contributed by atoms with E-state index in [1.165, 1.54) is 12.1 Å². The van der Waals surface area contributed by atoms with Gasteiger partial charge in [-0.3, -0.25) is 0 Å². The second-order valence-electron chi connectivity index (χ2n) is 3.50. The van der Waals surface area contributed by atoms with Gasteiger partial charge in [0, 0.05) is 10.5 Å². The molecule has 0 aromatic heterocycles. The highest BCUT2D eigenvalue weighted by atomic mass is 79.9. The predicted molar refractivity (Wildman–Crippen MR) is 66.5 cm³/mol. The highest BCUT2D eigenvalue weighted by molar-refractivity contribution is 9.10. The van der Waals surface area contributed by atoms with Crippen LogP contribution in [0.25, 0.3) is 0 Å². The first-order chi connectivity index (χ1) is 7.15. The molecule has 2 rings (SSSR count). The molecule has 15 heavy (non-hydrogen) atoms. The molecule has 5 heteroatoms. The number of halogens is 2. The molecule has 0 spiro atoms. The fraction of sp³-hybridized carbons (Fsp3) is 0.300. The lowest BCUT2D eigenvalue weighted by Gasteiger charge is -2.10. The predicted octanol–water partition coefficient (Wildman–Crippen LogP) is 3.04. The summed E-state index contributed by atoms with van der Waals surface area (Å²) in [5, 5.41) is 6.63. The summed E-state index contributed by atoms with van der Waals surface area (Å²) in [6, 6.07) is 4.95. The van der Waals surface area contributed by atoms with Crippen molar-refractivity contribution in [2.45, 2.75) is 18.9 Å². The first-order valence-electron chi connectivity index (χ1n) is 4.68. The van der Waals surface area contributed by atoms with Gasteiger partial charge in [0.2, 0.25) is 0 Å². The quantitative estimate of drug-likeness (QED) is 0.818. The van der Waals surface area contributed by atoms with Gasteiger partial charge >= 0.3 is 0 Å². The Labute approximate surface area is 101 Å². The lowest BCUT2D eigenvalue weighted by Crippen LogP contribution is -2.30. The summed E-state index contributed by atoms with van der Waals surface area (Å²) in [6.45, 7) is 0. The van der Waals surface area contributed by atoms with Gasteiger partial charge in [0.25, 0.3) is 0 Å². The monoisotopic (exact) mass is 288 g/mol. The molecular formula is C10H10BrFN2S. The summed E-state index contributed by atoms with van der Waals surface area (Å²) < 4.78 is 13.7. The van der Waals surface area contributed by atoms with Crippen molar-refractivity contribution < 1.29 is 4.39 Å².